The Morgan fingerprint density at radius 1 is 1.43 bits per heavy atom. The number of aliphatic hydroxyl groups is 1. The predicted molar refractivity (Wildman–Crippen MR) is 77.9 cm³/mol. The zero-order valence-electron chi connectivity index (χ0n) is 12.6. The summed E-state index contributed by atoms with van der Waals surface area (Å²) in [7, 11) is 0. The minimum atomic E-state index is -0.555. The predicted octanol–water partition coefficient (Wildman–Crippen LogP) is 0.960. The summed E-state index contributed by atoms with van der Waals surface area (Å²) in [6.45, 7) is 6.11. The first kappa shape index (κ1) is 15.4. The quantitative estimate of drug-likeness (QED) is 0.827. The summed E-state index contributed by atoms with van der Waals surface area (Å²) < 4.78 is 1.52. The smallest absolute Gasteiger partial charge is 0.291 e. The van der Waals surface area contributed by atoms with Gasteiger partial charge in [0.05, 0.1) is 6.10 Å². The summed E-state index contributed by atoms with van der Waals surface area (Å²) in [6.07, 6.45) is 2.82. The third-order valence-electron chi connectivity index (χ3n) is 3.70. The Labute approximate surface area is 123 Å². The molecule has 2 heterocycles. The Balaban J connectivity index is 2.04. The average molecular weight is 291 g/mol. The molecule has 0 fully saturated rings. The third-order valence-corrected chi connectivity index (χ3v) is 3.70. The van der Waals surface area contributed by atoms with Crippen molar-refractivity contribution in [2.45, 2.75) is 39.7 Å². The molecule has 2 aromatic rings. The highest BCUT2D eigenvalue weighted by Gasteiger charge is 2.19. The monoisotopic (exact) mass is 291 g/mol. The van der Waals surface area contributed by atoms with Crippen LogP contribution < -0.4 is 5.32 Å². The molecule has 0 spiro atoms. The molecule has 21 heavy (non-hydrogen) atoms. The fourth-order valence-electron chi connectivity index (χ4n) is 2.28. The molecule has 0 aliphatic rings. The molecule has 0 saturated heterocycles. The van der Waals surface area contributed by atoms with Gasteiger partial charge in [0.1, 0.15) is 0 Å². The van der Waals surface area contributed by atoms with Crippen molar-refractivity contribution >= 4 is 11.7 Å². The van der Waals surface area contributed by atoms with Gasteiger partial charge in [-0.05, 0) is 18.9 Å². The molecule has 0 bridgehead atoms. The molecule has 1 amide bonds. The van der Waals surface area contributed by atoms with Crippen LogP contribution >= 0.6 is 0 Å². The van der Waals surface area contributed by atoms with E-state index < -0.39 is 12.0 Å². The molecule has 7 nitrogen and oxygen atoms in total. The lowest BCUT2D eigenvalue weighted by molar-refractivity contribution is 0.0809. The number of hydrogen-bond acceptors (Lipinski definition) is 5. The van der Waals surface area contributed by atoms with E-state index in [4.69, 9.17) is 0 Å². The van der Waals surface area contributed by atoms with Gasteiger partial charge in [-0.3, -0.25) is 4.79 Å². The number of hydrogen-bond donors (Lipinski definition) is 2. The molecule has 0 saturated carbocycles. The lowest BCUT2D eigenvalue weighted by atomic mass is 9.96. The molecule has 1 atom stereocenters. The van der Waals surface area contributed by atoms with E-state index in [9.17, 15) is 9.90 Å². The molecule has 0 radical (unpaired) electrons. The molecule has 0 aliphatic heterocycles. The van der Waals surface area contributed by atoms with Crippen molar-refractivity contribution in [2.24, 2.45) is 5.92 Å². The number of nitrogens with one attached hydrogen (secondary N) is 1. The minimum absolute atomic E-state index is 0.0635. The molecular formula is C14H21N5O2. The van der Waals surface area contributed by atoms with E-state index in [1.165, 1.54) is 4.52 Å². The van der Waals surface area contributed by atoms with Crippen molar-refractivity contribution in [3.8, 4) is 0 Å². The summed E-state index contributed by atoms with van der Waals surface area (Å²) in [6, 6.07) is 1.79. The van der Waals surface area contributed by atoms with Crippen molar-refractivity contribution in [1.29, 1.82) is 0 Å². The second-order valence-electron chi connectivity index (χ2n) is 5.09. The molecule has 2 rings (SSSR count). The standard InChI is InChI=1S/C14H21N5O2/c1-4-10(5-2)11(20)8-16-13(21)12-17-14-15-7-6-9(3)19(14)18-12/h6-7,10-11,20H,4-5,8H2,1-3H3,(H,16,21). The number of amides is 1. The normalized spacial score (nSPS) is 12.8. The molecule has 7 heteroatoms. The molecule has 2 aromatic heterocycles. The summed E-state index contributed by atoms with van der Waals surface area (Å²) in [5.41, 5.74) is 0.851. The van der Waals surface area contributed by atoms with Crippen molar-refractivity contribution < 1.29 is 9.90 Å². The van der Waals surface area contributed by atoms with Crippen LogP contribution in [0.5, 0.6) is 0 Å². The number of carbonyl (C=O) groups is 1. The topological polar surface area (TPSA) is 92.4 Å². The van der Waals surface area contributed by atoms with E-state index >= 15 is 0 Å². The van der Waals surface area contributed by atoms with Crippen molar-refractivity contribution in [1.82, 2.24) is 24.9 Å². The summed E-state index contributed by atoms with van der Waals surface area (Å²) in [5.74, 6) is 0.238. The van der Waals surface area contributed by atoms with Crippen LogP contribution in [0, 0.1) is 12.8 Å². The lowest BCUT2D eigenvalue weighted by Crippen LogP contribution is -2.36. The summed E-state index contributed by atoms with van der Waals surface area (Å²) in [5, 5.41) is 16.8. The van der Waals surface area contributed by atoms with E-state index in [0.717, 1.165) is 18.5 Å². The van der Waals surface area contributed by atoms with Crippen molar-refractivity contribution in [3.05, 3.63) is 23.8 Å². The van der Waals surface area contributed by atoms with Gasteiger partial charge in [-0.15, -0.1) is 5.10 Å². The van der Waals surface area contributed by atoms with Crippen LogP contribution in [0.2, 0.25) is 0 Å². The highest BCUT2D eigenvalue weighted by Crippen LogP contribution is 2.12. The zero-order valence-corrected chi connectivity index (χ0v) is 12.6. The second-order valence-corrected chi connectivity index (χ2v) is 5.09. The SMILES string of the molecule is CCC(CC)C(O)CNC(=O)c1nc2nccc(C)n2n1. The van der Waals surface area contributed by atoms with Crippen LogP contribution in [0.15, 0.2) is 12.3 Å². The number of fused-ring (bicyclic) bond motifs is 1. The van der Waals surface area contributed by atoms with Gasteiger partial charge in [0.25, 0.3) is 11.7 Å². The number of rotatable bonds is 6. The van der Waals surface area contributed by atoms with E-state index in [0.29, 0.717) is 5.78 Å². The van der Waals surface area contributed by atoms with E-state index in [1.807, 2.05) is 20.8 Å². The van der Waals surface area contributed by atoms with Crippen molar-refractivity contribution in [2.75, 3.05) is 6.54 Å². The van der Waals surface area contributed by atoms with Gasteiger partial charge in [0.15, 0.2) is 0 Å². The van der Waals surface area contributed by atoms with Gasteiger partial charge < -0.3 is 10.4 Å². The van der Waals surface area contributed by atoms with E-state index in [1.54, 1.807) is 12.3 Å². The van der Waals surface area contributed by atoms with E-state index in [-0.39, 0.29) is 18.3 Å². The second kappa shape index (κ2) is 6.62. The summed E-state index contributed by atoms with van der Waals surface area (Å²) in [4.78, 5) is 20.2. The van der Waals surface area contributed by atoms with Crippen LogP contribution in [-0.4, -0.2) is 43.2 Å². The highest BCUT2D eigenvalue weighted by atomic mass is 16.3. The number of aromatic nitrogens is 4. The van der Waals surface area contributed by atoms with Gasteiger partial charge >= 0.3 is 0 Å². The zero-order chi connectivity index (χ0) is 15.4. The van der Waals surface area contributed by atoms with Gasteiger partial charge in [0.2, 0.25) is 5.82 Å². The number of aliphatic hydroxyl groups excluding tert-OH is 1. The van der Waals surface area contributed by atoms with Gasteiger partial charge in [-0.2, -0.15) is 4.98 Å². The highest BCUT2D eigenvalue weighted by molar-refractivity contribution is 5.90. The maximum atomic E-state index is 12.0. The Kier molecular flexibility index (Phi) is 4.85. The van der Waals surface area contributed by atoms with Crippen LogP contribution in [0.3, 0.4) is 0 Å². The molecule has 2 N–H and O–H groups in total. The van der Waals surface area contributed by atoms with E-state index in [2.05, 4.69) is 20.4 Å². The third kappa shape index (κ3) is 3.36. The number of aryl methyl sites for hydroxylation is 1. The fraction of sp³-hybridized carbons (Fsp3) is 0.571. The Morgan fingerprint density at radius 2 is 2.14 bits per heavy atom. The van der Waals surface area contributed by atoms with Crippen LogP contribution in [0.4, 0.5) is 0 Å². The molecule has 114 valence electrons. The van der Waals surface area contributed by atoms with Crippen LogP contribution in [0.1, 0.15) is 43.0 Å². The molecular weight excluding hydrogens is 270 g/mol. The molecule has 0 aromatic carbocycles. The Morgan fingerprint density at radius 3 is 2.76 bits per heavy atom. The first-order chi connectivity index (χ1) is 10.1. The van der Waals surface area contributed by atoms with Crippen LogP contribution in [-0.2, 0) is 0 Å². The maximum absolute atomic E-state index is 12.0. The average Bonchev–Trinajstić information content (AvgIpc) is 2.91. The van der Waals surface area contributed by atoms with Crippen LogP contribution in [0.25, 0.3) is 5.78 Å². The largest absolute Gasteiger partial charge is 0.391 e. The molecule has 0 aliphatic carbocycles. The lowest BCUT2D eigenvalue weighted by Gasteiger charge is -2.19. The number of nitrogens with zero attached hydrogens (tertiary/aromatic N) is 4. The Bertz CT molecular complexity index is 621. The van der Waals surface area contributed by atoms with Gasteiger partial charge in [-0.25, -0.2) is 9.50 Å². The van der Waals surface area contributed by atoms with Gasteiger partial charge in [0, 0.05) is 18.4 Å². The number of carbonyl (C=O) groups excluding carboxylic acids is 1. The van der Waals surface area contributed by atoms with Crippen molar-refractivity contribution in [3.63, 3.8) is 0 Å². The maximum Gasteiger partial charge on any atom is 0.291 e. The van der Waals surface area contributed by atoms with Gasteiger partial charge in [-0.1, -0.05) is 26.7 Å². The fourth-order valence-corrected chi connectivity index (χ4v) is 2.28. The Hall–Kier alpha value is -2.02. The first-order valence-corrected chi connectivity index (χ1v) is 7.21. The minimum Gasteiger partial charge on any atom is -0.391 e. The molecule has 1 unspecified atom stereocenters. The first-order valence-electron chi connectivity index (χ1n) is 7.21. The summed E-state index contributed by atoms with van der Waals surface area (Å²) >= 11 is 0.